The highest BCUT2D eigenvalue weighted by atomic mass is 79.9. The van der Waals surface area contributed by atoms with Crippen molar-refractivity contribution in [3.63, 3.8) is 0 Å². The molecule has 8 heteroatoms. The van der Waals surface area contributed by atoms with Gasteiger partial charge in [0.1, 0.15) is 11.5 Å². The number of quaternary nitrogens is 1. The fraction of sp³-hybridized carbons (Fsp3) is 0.312. The number of halogens is 1. The Bertz CT molecular complexity index is 798. The number of hydrogen-bond donors (Lipinski definition) is 2. The molecule has 0 fully saturated rings. The standard InChI is InChI=1S/C16H19BrN2O4S/c1-19(2)10-9-18-16(20)15-8-5-13(23-15)11-24(21,22)14-6-3-12(17)4-7-14/h3-8H,9-11H2,1-2H3,(H,18,20)/p+1. The Hall–Kier alpha value is -1.64. The molecule has 1 amide bonds. The van der Waals surface area contributed by atoms with E-state index in [0.29, 0.717) is 6.54 Å². The highest BCUT2D eigenvalue weighted by Crippen LogP contribution is 2.20. The quantitative estimate of drug-likeness (QED) is 0.703. The fourth-order valence-electron chi connectivity index (χ4n) is 2.00. The van der Waals surface area contributed by atoms with E-state index in [-0.39, 0.29) is 28.1 Å². The van der Waals surface area contributed by atoms with E-state index in [1.807, 2.05) is 14.1 Å². The third-order valence-corrected chi connectivity index (χ3v) is 5.48. The Morgan fingerprint density at radius 3 is 2.46 bits per heavy atom. The Morgan fingerprint density at radius 1 is 1.17 bits per heavy atom. The lowest BCUT2D eigenvalue weighted by Gasteiger charge is -2.07. The lowest BCUT2D eigenvalue weighted by molar-refractivity contribution is -0.856. The number of benzene rings is 1. The number of likely N-dealkylation sites (N-methyl/N-ethyl adjacent to an activating group) is 1. The van der Waals surface area contributed by atoms with Crippen LogP contribution in [0, 0.1) is 0 Å². The van der Waals surface area contributed by atoms with Gasteiger partial charge in [-0.25, -0.2) is 8.42 Å². The van der Waals surface area contributed by atoms with E-state index in [4.69, 9.17) is 4.42 Å². The summed E-state index contributed by atoms with van der Waals surface area (Å²) in [6, 6.07) is 9.40. The zero-order valence-electron chi connectivity index (χ0n) is 13.5. The molecule has 2 rings (SSSR count). The maximum absolute atomic E-state index is 12.4. The smallest absolute Gasteiger partial charge is 0.287 e. The molecule has 0 spiro atoms. The summed E-state index contributed by atoms with van der Waals surface area (Å²) in [6.45, 7) is 1.31. The molecule has 0 radical (unpaired) electrons. The summed E-state index contributed by atoms with van der Waals surface area (Å²) >= 11 is 3.27. The van der Waals surface area contributed by atoms with Crippen LogP contribution in [0.5, 0.6) is 0 Å². The molecule has 0 atom stereocenters. The van der Waals surface area contributed by atoms with Crippen molar-refractivity contribution in [1.29, 1.82) is 0 Å². The second-order valence-electron chi connectivity index (χ2n) is 5.69. The van der Waals surface area contributed by atoms with Crippen LogP contribution in [0.15, 0.2) is 50.2 Å². The molecule has 0 unspecified atom stereocenters. The summed E-state index contributed by atoms with van der Waals surface area (Å²) in [7, 11) is 0.460. The molecule has 0 aliphatic heterocycles. The number of furan rings is 1. The molecule has 2 aromatic rings. The molecular weight excluding hydrogens is 396 g/mol. The number of amides is 1. The van der Waals surface area contributed by atoms with Gasteiger partial charge in [0.2, 0.25) is 0 Å². The number of hydrogen-bond acceptors (Lipinski definition) is 4. The van der Waals surface area contributed by atoms with Gasteiger partial charge < -0.3 is 14.6 Å². The molecule has 0 bridgehead atoms. The van der Waals surface area contributed by atoms with Crippen LogP contribution < -0.4 is 10.2 Å². The van der Waals surface area contributed by atoms with E-state index in [1.54, 1.807) is 12.1 Å². The highest BCUT2D eigenvalue weighted by Gasteiger charge is 2.19. The van der Waals surface area contributed by atoms with Gasteiger partial charge in [-0.2, -0.15) is 0 Å². The van der Waals surface area contributed by atoms with E-state index in [9.17, 15) is 13.2 Å². The Kier molecular flexibility index (Phi) is 6.20. The van der Waals surface area contributed by atoms with Gasteiger partial charge in [0.25, 0.3) is 5.91 Å². The normalized spacial score (nSPS) is 11.7. The Labute approximate surface area is 149 Å². The van der Waals surface area contributed by atoms with Crippen LogP contribution in [0.25, 0.3) is 0 Å². The van der Waals surface area contributed by atoms with Crippen LogP contribution in [0.3, 0.4) is 0 Å². The molecule has 0 saturated heterocycles. The number of sulfone groups is 1. The summed E-state index contributed by atoms with van der Waals surface area (Å²) in [5.74, 6) is -0.279. The molecule has 0 aliphatic carbocycles. The van der Waals surface area contributed by atoms with Crippen LogP contribution in [0.2, 0.25) is 0 Å². The highest BCUT2D eigenvalue weighted by molar-refractivity contribution is 9.10. The second-order valence-corrected chi connectivity index (χ2v) is 8.60. The van der Waals surface area contributed by atoms with Crippen molar-refractivity contribution in [2.24, 2.45) is 0 Å². The lowest BCUT2D eigenvalue weighted by atomic mass is 10.4. The van der Waals surface area contributed by atoms with Crippen molar-refractivity contribution in [2.75, 3.05) is 27.2 Å². The predicted octanol–water partition coefficient (Wildman–Crippen LogP) is 0.890. The summed E-state index contributed by atoms with van der Waals surface area (Å²) in [5.41, 5.74) is 0. The minimum Gasteiger partial charge on any atom is -0.455 e. The average molecular weight is 416 g/mol. The zero-order valence-corrected chi connectivity index (χ0v) is 15.9. The molecule has 0 aliphatic rings. The maximum Gasteiger partial charge on any atom is 0.287 e. The number of nitrogens with one attached hydrogen (secondary N) is 2. The van der Waals surface area contributed by atoms with Gasteiger partial charge >= 0.3 is 0 Å². The van der Waals surface area contributed by atoms with Gasteiger partial charge in [0.15, 0.2) is 15.6 Å². The Balaban J connectivity index is 2.02. The van der Waals surface area contributed by atoms with Crippen molar-refractivity contribution in [3.8, 4) is 0 Å². The van der Waals surface area contributed by atoms with E-state index >= 15 is 0 Å². The van der Waals surface area contributed by atoms with Gasteiger partial charge in [-0.1, -0.05) is 15.9 Å². The Morgan fingerprint density at radius 2 is 1.83 bits per heavy atom. The topological polar surface area (TPSA) is 80.8 Å². The molecule has 2 N–H and O–H groups in total. The van der Waals surface area contributed by atoms with Crippen molar-refractivity contribution in [1.82, 2.24) is 5.32 Å². The first kappa shape index (κ1) is 18.7. The van der Waals surface area contributed by atoms with Crippen molar-refractivity contribution >= 4 is 31.7 Å². The van der Waals surface area contributed by atoms with E-state index < -0.39 is 9.84 Å². The summed E-state index contributed by atoms with van der Waals surface area (Å²) < 4.78 is 30.9. The minimum atomic E-state index is -3.52. The van der Waals surface area contributed by atoms with Crippen molar-refractivity contribution in [2.45, 2.75) is 10.6 Å². The lowest BCUT2D eigenvalue weighted by Crippen LogP contribution is -3.06. The van der Waals surface area contributed by atoms with Crippen LogP contribution in [0.4, 0.5) is 0 Å². The van der Waals surface area contributed by atoms with Gasteiger partial charge in [-0.15, -0.1) is 0 Å². The second kappa shape index (κ2) is 7.96. The first-order chi connectivity index (χ1) is 11.3. The van der Waals surface area contributed by atoms with E-state index in [2.05, 4.69) is 21.2 Å². The zero-order chi connectivity index (χ0) is 17.7. The number of rotatable bonds is 7. The van der Waals surface area contributed by atoms with Crippen LogP contribution in [-0.4, -0.2) is 41.5 Å². The molecule has 0 saturated carbocycles. The molecule has 1 aromatic heterocycles. The van der Waals surface area contributed by atoms with Crippen LogP contribution in [0.1, 0.15) is 16.3 Å². The molecule has 1 aromatic carbocycles. The summed E-state index contributed by atoms with van der Waals surface area (Å²) in [6.07, 6.45) is 0. The summed E-state index contributed by atoms with van der Waals surface area (Å²) in [5, 5.41) is 2.74. The van der Waals surface area contributed by atoms with Crippen molar-refractivity contribution < 1.29 is 22.5 Å². The largest absolute Gasteiger partial charge is 0.455 e. The molecule has 24 heavy (non-hydrogen) atoms. The SMILES string of the molecule is C[NH+](C)CCNC(=O)c1ccc(CS(=O)(=O)c2ccc(Br)cc2)o1. The van der Waals surface area contributed by atoms with Gasteiger partial charge in [-0.3, -0.25) is 4.79 Å². The van der Waals surface area contributed by atoms with Gasteiger partial charge in [-0.05, 0) is 36.4 Å². The van der Waals surface area contributed by atoms with Crippen molar-refractivity contribution in [3.05, 3.63) is 52.4 Å². The fourth-order valence-corrected chi connectivity index (χ4v) is 3.51. The molecular formula is C16H20BrN2O4S+. The third kappa shape index (κ3) is 5.19. The average Bonchev–Trinajstić information content (AvgIpc) is 2.95. The molecule has 130 valence electrons. The summed E-state index contributed by atoms with van der Waals surface area (Å²) in [4.78, 5) is 13.4. The monoisotopic (exact) mass is 415 g/mol. The minimum absolute atomic E-state index is 0.116. The predicted molar refractivity (Wildman–Crippen MR) is 93.8 cm³/mol. The third-order valence-electron chi connectivity index (χ3n) is 3.30. The first-order valence-electron chi connectivity index (χ1n) is 7.42. The number of carbonyl (C=O) groups excluding carboxylic acids is 1. The number of carbonyl (C=O) groups is 1. The first-order valence-corrected chi connectivity index (χ1v) is 9.87. The van der Waals surface area contributed by atoms with Gasteiger partial charge in [0.05, 0.1) is 32.1 Å². The van der Waals surface area contributed by atoms with Crippen LogP contribution >= 0.6 is 15.9 Å². The van der Waals surface area contributed by atoms with E-state index in [1.165, 1.54) is 29.2 Å². The van der Waals surface area contributed by atoms with Crippen LogP contribution in [-0.2, 0) is 15.6 Å². The van der Waals surface area contributed by atoms with E-state index in [0.717, 1.165) is 11.0 Å². The maximum atomic E-state index is 12.4. The molecule has 1 heterocycles. The van der Waals surface area contributed by atoms with Gasteiger partial charge in [0, 0.05) is 4.47 Å². The molecule has 6 nitrogen and oxygen atoms in total.